The highest BCUT2D eigenvalue weighted by Gasteiger charge is 1.92. The lowest BCUT2D eigenvalue weighted by molar-refractivity contribution is 0.110. The molecule has 0 heterocycles. The SMILES string of the molecule is [CH2]c1cccc(OCCOCC)c1. The lowest BCUT2D eigenvalue weighted by Gasteiger charge is -2.06. The molecule has 0 aliphatic heterocycles. The van der Waals surface area contributed by atoms with E-state index < -0.39 is 0 Å². The van der Waals surface area contributed by atoms with Crippen molar-refractivity contribution in [1.82, 2.24) is 0 Å². The molecule has 71 valence electrons. The molecule has 0 amide bonds. The van der Waals surface area contributed by atoms with Crippen molar-refractivity contribution in [1.29, 1.82) is 0 Å². The van der Waals surface area contributed by atoms with Crippen LogP contribution in [-0.2, 0) is 4.74 Å². The number of hydrogen-bond donors (Lipinski definition) is 0. The molecule has 2 nitrogen and oxygen atoms in total. The lowest BCUT2D eigenvalue weighted by Crippen LogP contribution is -2.06. The van der Waals surface area contributed by atoms with Crippen molar-refractivity contribution in [3.05, 3.63) is 36.8 Å². The van der Waals surface area contributed by atoms with Gasteiger partial charge in [-0.2, -0.15) is 0 Å². The van der Waals surface area contributed by atoms with E-state index in [1.807, 2.05) is 31.2 Å². The van der Waals surface area contributed by atoms with Crippen molar-refractivity contribution < 1.29 is 9.47 Å². The highest BCUT2D eigenvalue weighted by atomic mass is 16.5. The highest BCUT2D eigenvalue weighted by molar-refractivity contribution is 5.29. The van der Waals surface area contributed by atoms with E-state index in [1.165, 1.54) is 0 Å². The van der Waals surface area contributed by atoms with Gasteiger partial charge in [0, 0.05) is 6.61 Å². The molecule has 1 rings (SSSR count). The van der Waals surface area contributed by atoms with Crippen LogP contribution in [0.25, 0.3) is 0 Å². The maximum atomic E-state index is 5.42. The van der Waals surface area contributed by atoms with E-state index in [9.17, 15) is 0 Å². The standard InChI is InChI=1S/C11H15O2/c1-3-12-7-8-13-11-6-4-5-10(2)9-11/h4-6,9H,2-3,7-8H2,1H3. The maximum Gasteiger partial charge on any atom is 0.119 e. The zero-order valence-corrected chi connectivity index (χ0v) is 7.95. The molecule has 0 aromatic heterocycles. The van der Waals surface area contributed by atoms with E-state index in [0.717, 1.165) is 17.9 Å². The summed E-state index contributed by atoms with van der Waals surface area (Å²) in [7, 11) is 0. The van der Waals surface area contributed by atoms with E-state index in [4.69, 9.17) is 9.47 Å². The van der Waals surface area contributed by atoms with E-state index >= 15 is 0 Å². The molecule has 0 saturated heterocycles. The van der Waals surface area contributed by atoms with Crippen LogP contribution in [0.4, 0.5) is 0 Å². The molecule has 0 saturated carbocycles. The summed E-state index contributed by atoms with van der Waals surface area (Å²) in [6.07, 6.45) is 0. The monoisotopic (exact) mass is 179 g/mol. The lowest BCUT2D eigenvalue weighted by atomic mass is 10.2. The molecule has 0 fully saturated rings. The van der Waals surface area contributed by atoms with Crippen molar-refractivity contribution in [3.8, 4) is 5.75 Å². The van der Waals surface area contributed by atoms with Gasteiger partial charge < -0.3 is 9.47 Å². The molecule has 0 spiro atoms. The summed E-state index contributed by atoms with van der Waals surface area (Å²) in [6.45, 7) is 7.75. The van der Waals surface area contributed by atoms with Crippen LogP contribution < -0.4 is 4.74 Å². The average Bonchev–Trinajstić information content (AvgIpc) is 2.13. The molecule has 0 N–H and O–H groups in total. The first-order valence-corrected chi connectivity index (χ1v) is 4.45. The second-order valence-corrected chi connectivity index (χ2v) is 2.69. The summed E-state index contributed by atoms with van der Waals surface area (Å²) in [5.41, 5.74) is 0.967. The summed E-state index contributed by atoms with van der Waals surface area (Å²) in [4.78, 5) is 0. The Labute approximate surface area is 79.5 Å². The van der Waals surface area contributed by atoms with Gasteiger partial charge in [0.15, 0.2) is 0 Å². The van der Waals surface area contributed by atoms with Crippen LogP contribution in [0.15, 0.2) is 24.3 Å². The van der Waals surface area contributed by atoms with Crippen LogP contribution in [0.5, 0.6) is 5.75 Å². The first-order valence-electron chi connectivity index (χ1n) is 4.45. The molecule has 0 atom stereocenters. The fraction of sp³-hybridized carbons (Fsp3) is 0.364. The van der Waals surface area contributed by atoms with Gasteiger partial charge in [-0.15, -0.1) is 0 Å². The summed E-state index contributed by atoms with van der Waals surface area (Å²) < 4.78 is 10.6. The molecule has 2 heteroatoms. The zero-order valence-electron chi connectivity index (χ0n) is 7.95. The summed E-state index contributed by atoms with van der Waals surface area (Å²) in [5.74, 6) is 0.854. The predicted molar refractivity (Wildman–Crippen MR) is 52.9 cm³/mol. The van der Waals surface area contributed by atoms with Crippen LogP contribution in [-0.4, -0.2) is 19.8 Å². The number of rotatable bonds is 5. The van der Waals surface area contributed by atoms with Gasteiger partial charge in [0.25, 0.3) is 0 Å². The van der Waals surface area contributed by atoms with Gasteiger partial charge in [-0.3, -0.25) is 0 Å². The molecular formula is C11H15O2. The summed E-state index contributed by atoms with van der Waals surface area (Å²) in [6, 6.07) is 7.69. The normalized spacial score (nSPS) is 10.0. The van der Waals surface area contributed by atoms with Gasteiger partial charge in [-0.1, -0.05) is 12.1 Å². The van der Waals surface area contributed by atoms with Crippen LogP contribution in [0.2, 0.25) is 0 Å². The first kappa shape index (κ1) is 10.1. The van der Waals surface area contributed by atoms with Crippen molar-refractivity contribution in [2.75, 3.05) is 19.8 Å². The second-order valence-electron chi connectivity index (χ2n) is 2.69. The van der Waals surface area contributed by atoms with Crippen LogP contribution in [0.1, 0.15) is 12.5 Å². The molecule has 0 aliphatic carbocycles. The predicted octanol–water partition coefficient (Wildman–Crippen LogP) is 2.28. The Hall–Kier alpha value is -1.02. The van der Waals surface area contributed by atoms with Gasteiger partial charge in [-0.25, -0.2) is 0 Å². The topological polar surface area (TPSA) is 18.5 Å². The largest absolute Gasteiger partial charge is 0.491 e. The van der Waals surface area contributed by atoms with Gasteiger partial charge in [-0.05, 0) is 31.5 Å². The van der Waals surface area contributed by atoms with Crippen LogP contribution in [0, 0.1) is 6.92 Å². The van der Waals surface area contributed by atoms with Crippen molar-refractivity contribution in [2.45, 2.75) is 6.92 Å². The third-order valence-electron chi connectivity index (χ3n) is 1.60. The highest BCUT2D eigenvalue weighted by Crippen LogP contribution is 2.11. The van der Waals surface area contributed by atoms with Crippen LogP contribution >= 0.6 is 0 Å². The Balaban J connectivity index is 2.28. The Morgan fingerprint density at radius 2 is 2.15 bits per heavy atom. The average molecular weight is 179 g/mol. The van der Waals surface area contributed by atoms with Crippen molar-refractivity contribution in [3.63, 3.8) is 0 Å². The minimum atomic E-state index is 0.595. The molecule has 0 unspecified atom stereocenters. The molecule has 13 heavy (non-hydrogen) atoms. The van der Waals surface area contributed by atoms with E-state index in [-0.39, 0.29) is 0 Å². The van der Waals surface area contributed by atoms with E-state index in [0.29, 0.717) is 13.2 Å². The third kappa shape index (κ3) is 3.95. The summed E-state index contributed by atoms with van der Waals surface area (Å²) >= 11 is 0. The third-order valence-corrected chi connectivity index (χ3v) is 1.60. The molecule has 0 bridgehead atoms. The number of ether oxygens (including phenoxy) is 2. The zero-order chi connectivity index (χ0) is 9.52. The van der Waals surface area contributed by atoms with Gasteiger partial charge in [0.2, 0.25) is 0 Å². The van der Waals surface area contributed by atoms with Crippen molar-refractivity contribution in [2.24, 2.45) is 0 Å². The smallest absolute Gasteiger partial charge is 0.119 e. The molecule has 1 radical (unpaired) electrons. The Morgan fingerprint density at radius 3 is 2.85 bits per heavy atom. The number of hydrogen-bond acceptors (Lipinski definition) is 2. The molecular weight excluding hydrogens is 164 g/mol. The molecule has 1 aromatic rings. The molecule has 1 aromatic carbocycles. The Kier molecular flexibility index (Phi) is 4.33. The van der Waals surface area contributed by atoms with Crippen molar-refractivity contribution >= 4 is 0 Å². The minimum Gasteiger partial charge on any atom is -0.491 e. The first-order chi connectivity index (χ1) is 6.33. The minimum absolute atomic E-state index is 0.595. The quantitative estimate of drug-likeness (QED) is 0.646. The Morgan fingerprint density at radius 1 is 1.31 bits per heavy atom. The van der Waals surface area contributed by atoms with Gasteiger partial charge >= 0.3 is 0 Å². The summed E-state index contributed by atoms with van der Waals surface area (Å²) in [5, 5.41) is 0. The number of benzene rings is 1. The van der Waals surface area contributed by atoms with Gasteiger partial charge in [0.1, 0.15) is 12.4 Å². The van der Waals surface area contributed by atoms with Crippen LogP contribution in [0.3, 0.4) is 0 Å². The maximum absolute atomic E-state index is 5.42. The van der Waals surface area contributed by atoms with E-state index in [2.05, 4.69) is 6.92 Å². The Bertz CT molecular complexity index is 246. The molecule has 0 aliphatic rings. The fourth-order valence-electron chi connectivity index (χ4n) is 0.998. The fourth-order valence-corrected chi connectivity index (χ4v) is 0.998. The second kappa shape index (κ2) is 5.60. The van der Waals surface area contributed by atoms with Gasteiger partial charge in [0.05, 0.1) is 6.61 Å². The van der Waals surface area contributed by atoms with E-state index in [1.54, 1.807) is 0 Å².